The lowest BCUT2D eigenvalue weighted by molar-refractivity contribution is 0.0945. The Balaban J connectivity index is 2.19. The molecule has 0 saturated heterocycles. The van der Waals surface area contributed by atoms with Crippen LogP contribution in [0.5, 0.6) is 11.5 Å². The molecule has 2 aromatic rings. The van der Waals surface area contributed by atoms with Crippen molar-refractivity contribution in [3.63, 3.8) is 0 Å². The molecule has 22 heavy (non-hydrogen) atoms. The molecule has 116 valence electrons. The molecule has 2 rings (SSSR count). The largest absolute Gasteiger partial charge is 0.497 e. The molecule has 0 aliphatic rings. The molecular weight excluding hydrogens is 290 g/mol. The van der Waals surface area contributed by atoms with Gasteiger partial charge in [0.2, 0.25) is 11.5 Å². The number of carbonyl (C=O) groups is 1. The zero-order chi connectivity index (χ0) is 16.1. The smallest absolute Gasteiger partial charge is 0.297 e. The highest BCUT2D eigenvalue weighted by molar-refractivity contribution is 6.03. The van der Waals surface area contributed by atoms with Crippen molar-refractivity contribution in [3.05, 3.63) is 29.5 Å². The number of nitrogens with one attached hydrogen (secondary N) is 1. The third kappa shape index (κ3) is 3.14. The molecule has 0 spiro atoms. The number of ether oxygens (including phenoxy) is 2. The zero-order valence-electron chi connectivity index (χ0n) is 12.3. The molecular formula is C13H15N5O4. The minimum absolute atomic E-state index is 0.104. The lowest BCUT2D eigenvalue weighted by Crippen LogP contribution is -2.21. The second kappa shape index (κ2) is 6.57. The molecule has 0 aliphatic carbocycles. The van der Waals surface area contributed by atoms with Crippen LogP contribution in [0.4, 0.5) is 5.82 Å². The summed E-state index contributed by atoms with van der Waals surface area (Å²) in [6.07, 6.45) is 0. The van der Waals surface area contributed by atoms with Crippen LogP contribution in [0.25, 0.3) is 0 Å². The van der Waals surface area contributed by atoms with Gasteiger partial charge in [0.25, 0.3) is 5.91 Å². The monoisotopic (exact) mass is 305 g/mol. The first-order valence-electron chi connectivity index (χ1n) is 6.22. The van der Waals surface area contributed by atoms with Gasteiger partial charge in [-0.3, -0.25) is 4.79 Å². The first-order valence-corrected chi connectivity index (χ1v) is 6.22. The van der Waals surface area contributed by atoms with Gasteiger partial charge in [-0.15, -0.1) is 0 Å². The van der Waals surface area contributed by atoms with Gasteiger partial charge in [0.15, 0.2) is 0 Å². The fraction of sp³-hybridized carbons (Fsp3) is 0.231. The predicted octanol–water partition coefficient (Wildman–Crippen LogP) is 0.823. The average Bonchev–Trinajstić information content (AvgIpc) is 2.97. The summed E-state index contributed by atoms with van der Waals surface area (Å²) in [5, 5.41) is 10.7. The van der Waals surface area contributed by atoms with E-state index in [2.05, 4.69) is 25.5 Å². The van der Waals surface area contributed by atoms with E-state index in [4.69, 9.17) is 15.2 Å². The fourth-order valence-electron chi connectivity index (χ4n) is 1.70. The first-order chi connectivity index (χ1) is 10.6. The number of hydrazone groups is 1. The van der Waals surface area contributed by atoms with E-state index in [0.29, 0.717) is 22.8 Å². The van der Waals surface area contributed by atoms with Gasteiger partial charge in [0.1, 0.15) is 11.5 Å². The molecule has 0 aliphatic heterocycles. The molecule has 0 fully saturated rings. The number of amides is 1. The number of rotatable bonds is 5. The van der Waals surface area contributed by atoms with E-state index < -0.39 is 5.91 Å². The summed E-state index contributed by atoms with van der Waals surface area (Å²) in [6, 6.07) is 5.25. The van der Waals surface area contributed by atoms with Gasteiger partial charge < -0.3 is 15.2 Å². The quantitative estimate of drug-likeness (QED) is 0.618. The standard InChI is InChI=1S/C13H15N5O4/c1-7(9-5-4-8(20-2)6-10(9)21-3)15-16-13(19)11-12(14)18-22-17-11/h4-6H,1-3H3,(H2,14,18)(H,16,19)/b15-7+. The number of anilines is 1. The molecule has 1 heterocycles. The van der Waals surface area contributed by atoms with Crippen LogP contribution >= 0.6 is 0 Å². The van der Waals surface area contributed by atoms with Gasteiger partial charge in [-0.25, -0.2) is 10.1 Å². The Morgan fingerprint density at radius 2 is 2.09 bits per heavy atom. The van der Waals surface area contributed by atoms with E-state index in [9.17, 15) is 4.79 Å². The summed E-state index contributed by atoms with van der Waals surface area (Å²) in [4.78, 5) is 11.8. The van der Waals surface area contributed by atoms with Gasteiger partial charge in [-0.05, 0) is 29.4 Å². The highest BCUT2D eigenvalue weighted by Crippen LogP contribution is 2.25. The van der Waals surface area contributed by atoms with Crippen LogP contribution in [-0.2, 0) is 0 Å². The van der Waals surface area contributed by atoms with Gasteiger partial charge in [-0.1, -0.05) is 0 Å². The Hall–Kier alpha value is -3.10. The predicted molar refractivity (Wildman–Crippen MR) is 77.9 cm³/mol. The molecule has 0 radical (unpaired) electrons. The van der Waals surface area contributed by atoms with Crippen LogP contribution in [-0.4, -0.2) is 36.2 Å². The van der Waals surface area contributed by atoms with Crippen molar-refractivity contribution in [1.82, 2.24) is 15.7 Å². The second-order valence-corrected chi connectivity index (χ2v) is 4.20. The fourth-order valence-corrected chi connectivity index (χ4v) is 1.70. The van der Waals surface area contributed by atoms with E-state index in [-0.39, 0.29) is 11.5 Å². The van der Waals surface area contributed by atoms with Crippen molar-refractivity contribution in [2.45, 2.75) is 6.92 Å². The van der Waals surface area contributed by atoms with Crippen LogP contribution < -0.4 is 20.6 Å². The first kappa shape index (κ1) is 15.3. The molecule has 0 unspecified atom stereocenters. The van der Waals surface area contributed by atoms with Crippen molar-refractivity contribution >= 4 is 17.4 Å². The van der Waals surface area contributed by atoms with Crippen molar-refractivity contribution in [2.75, 3.05) is 20.0 Å². The Kier molecular flexibility index (Phi) is 4.57. The van der Waals surface area contributed by atoms with Crippen molar-refractivity contribution in [1.29, 1.82) is 0 Å². The minimum atomic E-state index is -0.620. The Bertz CT molecular complexity index is 710. The molecule has 1 aromatic heterocycles. The Morgan fingerprint density at radius 3 is 2.68 bits per heavy atom. The number of methoxy groups -OCH3 is 2. The maximum atomic E-state index is 11.8. The molecule has 0 saturated carbocycles. The zero-order valence-corrected chi connectivity index (χ0v) is 12.3. The van der Waals surface area contributed by atoms with E-state index in [1.54, 1.807) is 32.2 Å². The number of benzene rings is 1. The number of nitrogen functional groups attached to an aromatic ring is 1. The molecule has 1 aromatic carbocycles. The van der Waals surface area contributed by atoms with Gasteiger partial charge in [-0.2, -0.15) is 5.10 Å². The minimum Gasteiger partial charge on any atom is -0.497 e. The van der Waals surface area contributed by atoms with Gasteiger partial charge >= 0.3 is 0 Å². The van der Waals surface area contributed by atoms with E-state index in [1.807, 2.05) is 0 Å². The summed E-state index contributed by atoms with van der Waals surface area (Å²) in [6.45, 7) is 1.72. The van der Waals surface area contributed by atoms with E-state index in [1.165, 1.54) is 7.11 Å². The summed E-state index contributed by atoms with van der Waals surface area (Å²) in [7, 11) is 3.10. The van der Waals surface area contributed by atoms with Crippen LogP contribution in [0.15, 0.2) is 27.9 Å². The average molecular weight is 305 g/mol. The maximum absolute atomic E-state index is 11.8. The van der Waals surface area contributed by atoms with Crippen LogP contribution in [0.1, 0.15) is 23.0 Å². The van der Waals surface area contributed by atoms with Crippen molar-refractivity contribution < 1.29 is 18.9 Å². The SMILES string of the molecule is COc1ccc(/C(C)=N/NC(=O)c2nonc2N)c(OC)c1. The number of nitrogens with two attached hydrogens (primary N) is 1. The summed E-state index contributed by atoms with van der Waals surface area (Å²) < 4.78 is 14.8. The lowest BCUT2D eigenvalue weighted by Gasteiger charge is -2.10. The third-order valence-corrected chi connectivity index (χ3v) is 2.85. The number of aromatic nitrogens is 2. The number of hydrogen-bond donors (Lipinski definition) is 2. The summed E-state index contributed by atoms with van der Waals surface area (Å²) >= 11 is 0. The topological polar surface area (TPSA) is 125 Å². The van der Waals surface area contributed by atoms with Crippen LogP contribution in [0.3, 0.4) is 0 Å². The van der Waals surface area contributed by atoms with E-state index >= 15 is 0 Å². The maximum Gasteiger partial charge on any atom is 0.297 e. The molecule has 3 N–H and O–H groups in total. The molecule has 1 amide bonds. The molecule has 0 atom stereocenters. The van der Waals surface area contributed by atoms with Crippen LogP contribution in [0, 0.1) is 0 Å². The van der Waals surface area contributed by atoms with Crippen molar-refractivity contribution in [2.24, 2.45) is 5.10 Å². The Morgan fingerprint density at radius 1 is 1.32 bits per heavy atom. The van der Waals surface area contributed by atoms with E-state index in [0.717, 1.165) is 0 Å². The molecule has 9 nitrogen and oxygen atoms in total. The van der Waals surface area contributed by atoms with Crippen molar-refractivity contribution in [3.8, 4) is 11.5 Å². The van der Waals surface area contributed by atoms with Gasteiger partial charge in [0.05, 0.1) is 19.9 Å². The number of hydrogen-bond acceptors (Lipinski definition) is 8. The molecule has 0 bridgehead atoms. The Labute approximate surface area is 126 Å². The highest BCUT2D eigenvalue weighted by Gasteiger charge is 2.16. The normalized spacial score (nSPS) is 11.1. The summed E-state index contributed by atoms with van der Waals surface area (Å²) in [5.74, 6) is 0.495. The molecule has 9 heteroatoms. The third-order valence-electron chi connectivity index (χ3n) is 2.85. The number of carbonyl (C=O) groups excluding carboxylic acids is 1. The second-order valence-electron chi connectivity index (χ2n) is 4.20. The van der Waals surface area contributed by atoms with Gasteiger partial charge in [0, 0.05) is 11.6 Å². The van der Waals surface area contributed by atoms with Crippen LogP contribution in [0.2, 0.25) is 0 Å². The summed E-state index contributed by atoms with van der Waals surface area (Å²) in [5.41, 5.74) is 8.86. The lowest BCUT2D eigenvalue weighted by atomic mass is 10.1. The highest BCUT2D eigenvalue weighted by atomic mass is 16.6. The number of nitrogens with zero attached hydrogens (tertiary/aromatic N) is 3.